The summed E-state index contributed by atoms with van der Waals surface area (Å²) < 4.78 is 46.2. The Morgan fingerprint density at radius 1 is 1.09 bits per heavy atom. The molecular formula is C23H28FN5O4S. The number of alkyl halides is 1. The molecule has 0 fully saturated rings. The van der Waals surface area contributed by atoms with Gasteiger partial charge in [-0.1, -0.05) is 19.0 Å². The molecule has 9 nitrogen and oxygen atoms in total. The van der Waals surface area contributed by atoms with Gasteiger partial charge < -0.3 is 15.6 Å². The number of rotatable bonds is 9. The SMILES string of the molecule is CC(C)[C@H](N)c1nc(-c2ccc(S(=O)(=O)Nc3ccc(NC(=O)C(C)(C)CF)cc3)cc2)no1. The number of nitrogens with zero attached hydrogens (tertiary/aromatic N) is 2. The van der Waals surface area contributed by atoms with E-state index in [1.807, 2.05) is 13.8 Å². The van der Waals surface area contributed by atoms with Crippen molar-refractivity contribution in [3.63, 3.8) is 0 Å². The molecule has 1 atom stereocenters. The van der Waals surface area contributed by atoms with Crippen molar-refractivity contribution >= 4 is 27.3 Å². The van der Waals surface area contributed by atoms with Crippen molar-refractivity contribution in [1.29, 1.82) is 0 Å². The molecule has 1 heterocycles. The van der Waals surface area contributed by atoms with Crippen LogP contribution in [0.2, 0.25) is 0 Å². The van der Waals surface area contributed by atoms with Crippen LogP contribution in [0, 0.1) is 11.3 Å². The van der Waals surface area contributed by atoms with E-state index < -0.39 is 28.0 Å². The van der Waals surface area contributed by atoms with Crippen LogP contribution >= 0.6 is 0 Å². The van der Waals surface area contributed by atoms with Gasteiger partial charge in [0.1, 0.15) is 6.67 Å². The summed E-state index contributed by atoms with van der Waals surface area (Å²) in [5, 5.41) is 6.52. The standard InChI is InChI=1S/C23H28FN5O4S/c1-14(2)19(25)21-27-20(28-33-21)15-5-11-18(12-6-15)34(31,32)29-17-9-7-16(8-10-17)26-22(30)23(3,4)13-24/h5-12,14,19,29H,13,25H2,1-4H3,(H,26,30)/t19-/m0/s1. The van der Waals surface area contributed by atoms with Crippen LogP contribution in [0.5, 0.6) is 0 Å². The summed E-state index contributed by atoms with van der Waals surface area (Å²) in [7, 11) is -3.87. The first kappa shape index (κ1) is 25.3. The molecule has 0 spiro atoms. The Balaban J connectivity index is 1.69. The van der Waals surface area contributed by atoms with Gasteiger partial charge in [-0.2, -0.15) is 4.98 Å². The quantitative estimate of drug-likeness (QED) is 0.410. The molecule has 1 amide bonds. The monoisotopic (exact) mass is 489 g/mol. The van der Waals surface area contributed by atoms with Crippen LogP contribution in [0.1, 0.15) is 39.6 Å². The molecule has 0 radical (unpaired) electrons. The zero-order valence-electron chi connectivity index (χ0n) is 19.4. The second-order valence-corrected chi connectivity index (χ2v) is 10.6. The molecular weight excluding hydrogens is 461 g/mol. The number of nitrogens with one attached hydrogen (secondary N) is 2. The molecule has 0 saturated heterocycles. The van der Waals surface area contributed by atoms with Crippen molar-refractivity contribution in [1.82, 2.24) is 10.1 Å². The van der Waals surface area contributed by atoms with Gasteiger partial charge in [0.2, 0.25) is 17.6 Å². The fourth-order valence-electron chi connectivity index (χ4n) is 2.75. The first-order valence-corrected chi connectivity index (χ1v) is 12.1. The third kappa shape index (κ3) is 5.78. The minimum absolute atomic E-state index is 0.0425. The highest BCUT2D eigenvalue weighted by Gasteiger charge is 2.27. The molecule has 0 bridgehead atoms. The molecule has 0 aliphatic rings. The van der Waals surface area contributed by atoms with Gasteiger partial charge in [-0.05, 0) is 68.3 Å². The molecule has 2 aromatic carbocycles. The van der Waals surface area contributed by atoms with Crippen molar-refractivity contribution in [3.8, 4) is 11.4 Å². The summed E-state index contributed by atoms with van der Waals surface area (Å²) in [5.74, 6) is 0.287. The molecule has 182 valence electrons. The summed E-state index contributed by atoms with van der Waals surface area (Å²) >= 11 is 0. The van der Waals surface area contributed by atoms with Crippen LogP contribution in [0.4, 0.5) is 15.8 Å². The number of amides is 1. The van der Waals surface area contributed by atoms with Crippen LogP contribution < -0.4 is 15.8 Å². The normalized spacial score (nSPS) is 13.0. The lowest BCUT2D eigenvalue weighted by atomic mass is 9.94. The summed E-state index contributed by atoms with van der Waals surface area (Å²) in [6, 6.07) is 11.7. The number of anilines is 2. The summed E-state index contributed by atoms with van der Waals surface area (Å²) in [6.07, 6.45) is 0. The van der Waals surface area contributed by atoms with E-state index in [4.69, 9.17) is 10.3 Å². The lowest BCUT2D eigenvalue weighted by Gasteiger charge is -2.19. The predicted octanol–water partition coefficient (Wildman–Crippen LogP) is 4.13. The number of nitrogens with two attached hydrogens (primary N) is 1. The second-order valence-electron chi connectivity index (χ2n) is 8.90. The number of hydrogen-bond donors (Lipinski definition) is 3. The number of halogens is 1. The van der Waals surface area contributed by atoms with E-state index in [0.29, 0.717) is 28.7 Å². The summed E-state index contributed by atoms with van der Waals surface area (Å²) in [4.78, 5) is 16.4. The highest BCUT2D eigenvalue weighted by Crippen LogP contribution is 2.25. The van der Waals surface area contributed by atoms with Crippen LogP contribution in [0.15, 0.2) is 57.9 Å². The molecule has 3 aromatic rings. The van der Waals surface area contributed by atoms with Gasteiger partial charge >= 0.3 is 0 Å². The number of sulfonamides is 1. The van der Waals surface area contributed by atoms with Crippen molar-refractivity contribution in [2.45, 2.75) is 38.6 Å². The molecule has 0 aliphatic heterocycles. The Morgan fingerprint density at radius 2 is 1.68 bits per heavy atom. The average Bonchev–Trinajstić information content (AvgIpc) is 3.30. The second kappa shape index (κ2) is 9.90. The fraction of sp³-hybridized carbons (Fsp3) is 0.348. The van der Waals surface area contributed by atoms with Crippen molar-refractivity contribution in [2.75, 3.05) is 16.7 Å². The maximum atomic E-state index is 13.0. The summed E-state index contributed by atoms with van der Waals surface area (Å²) in [6.45, 7) is 6.08. The van der Waals surface area contributed by atoms with Gasteiger partial charge in [0.05, 0.1) is 16.4 Å². The lowest BCUT2D eigenvalue weighted by Crippen LogP contribution is -2.32. The molecule has 34 heavy (non-hydrogen) atoms. The van der Waals surface area contributed by atoms with Crippen molar-refractivity contribution in [3.05, 3.63) is 54.4 Å². The van der Waals surface area contributed by atoms with E-state index >= 15 is 0 Å². The lowest BCUT2D eigenvalue weighted by molar-refractivity contribution is -0.124. The molecule has 0 aliphatic carbocycles. The zero-order chi connectivity index (χ0) is 25.1. The van der Waals surface area contributed by atoms with E-state index in [9.17, 15) is 17.6 Å². The Hall–Kier alpha value is -3.31. The number of carbonyl (C=O) groups excluding carboxylic acids is 1. The highest BCUT2D eigenvalue weighted by molar-refractivity contribution is 7.92. The Kier molecular flexibility index (Phi) is 7.37. The fourth-order valence-corrected chi connectivity index (χ4v) is 3.81. The van der Waals surface area contributed by atoms with E-state index in [1.165, 1.54) is 50.2 Å². The number of carbonyl (C=O) groups is 1. The molecule has 11 heteroatoms. The molecule has 3 rings (SSSR count). The number of benzene rings is 2. The zero-order valence-corrected chi connectivity index (χ0v) is 20.2. The minimum Gasteiger partial charge on any atom is -0.337 e. The maximum Gasteiger partial charge on any atom is 0.261 e. The van der Waals surface area contributed by atoms with Gasteiger partial charge in [0.25, 0.3) is 10.0 Å². The van der Waals surface area contributed by atoms with Crippen molar-refractivity contribution in [2.24, 2.45) is 17.1 Å². The molecule has 4 N–H and O–H groups in total. The van der Waals surface area contributed by atoms with Crippen LogP contribution in [0.3, 0.4) is 0 Å². The first-order chi connectivity index (χ1) is 15.9. The Morgan fingerprint density at radius 3 is 2.24 bits per heavy atom. The van der Waals surface area contributed by atoms with Crippen LogP contribution in [-0.4, -0.2) is 31.1 Å². The number of hydrogen-bond acceptors (Lipinski definition) is 7. The largest absolute Gasteiger partial charge is 0.337 e. The van der Waals surface area contributed by atoms with Gasteiger partial charge in [0, 0.05) is 16.9 Å². The molecule has 0 saturated carbocycles. The molecule has 0 unspecified atom stereocenters. The van der Waals surface area contributed by atoms with Crippen LogP contribution in [-0.2, 0) is 14.8 Å². The van der Waals surface area contributed by atoms with Gasteiger partial charge in [-0.3, -0.25) is 9.52 Å². The van der Waals surface area contributed by atoms with E-state index in [1.54, 1.807) is 12.1 Å². The smallest absolute Gasteiger partial charge is 0.261 e. The first-order valence-electron chi connectivity index (χ1n) is 10.6. The van der Waals surface area contributed by atoms with Crippen LogP contribution in [0.25, 0.3) is 11.4 Å². The van der Waals surface area contributed by atoms with E-state index in [0.717, 1.165) is 0 Å². The molecule has 1 aromatic heterocycles. The number of aromatic nitrogens is 2. The maximum absolute atomic E-state index is 13.0. The third-order valence-corrected chi connectivity index (χ3v) is 6.61. The topological polar surface area (TPSA) is 140 Å². The third-order valence-electron chi connectivity index (χ3n) is 5.21. The van der Waals surface area contributed by atoms with E-state index in [2.05, 4.69) is 20.2 Å². The average molecular weight is 490 g/mol. The van der Waals surface area contributed by atoms with Gasteiger partial charge in [0.15, 0.2) is 0 Å². The van der Waals surface area contributed by atoms with Crippen molar-refractivity contribution < 1.29 is 22.1 Å². The highest BCUT2D eigenvalue weighted by atomic mass is 32.2. The van der Waals surface area contributed by atoms with Gasteiger partial charge in [-0.15, -0.1) is 0 Å². The summed E-state index contributed by atoms with van der Waals surface area (Å²) in [5.41, 5.74) is 6.18. The Bertz CT molecular complexity index is 1240. The van der Waals surface area contributed by atoms with E-state index in [-0.39, 0.29) is 16.9 Å². The minimum atomic E-state index is -3.87. The Labute approximate surface area is 198 Å². The van der Waals surface area contributed by atoms with Gasteiger partial charge in [-0.25, -0.2) is 12.8 Å². The predicted molar refractivity (Wildman–Crippen MR) is 127 cm³/mol.